The highest BCUT2D eigenvalue weighted by atomic mass is 35.5. The number of urea groups is 1. The number of nitrogens with zero attached hydrogens (tertiary/aromatic N) is 1. The Morgan fingerprint density at radius 1 is 1.25 bits per heavy atom. The molecular weight excluding hydrogens is 378 g/mol. The minimum absolute atomic E-state index is 0.115. The fraction of sp³-hybridized carbons (Fsp3) is 0.524. The lowest BCUT2D eigenvalue weighted by atomic mass is 9.74. The van der Waals surface area contributed by atoms with E-state index in [-0.39, 0.29) is 11.9 Å². The quantitative estimate of drug-likeness (QED) is 0.731. The van der Waals surface area contributed by atoms with Gasteiger partial charge in [-0.15, -0.1) is 0 Å². The summed E-state index contributed by atoms with van der Waals surface area (Å²) in [5.74, 6) is 0.202. The Kier molecular flexibility index (Phi) is 5.00. The monoisotopic (exact) mass is 403 g/mol. The summed E-state index contributed by atoms with van der Waals surface area (Å²) in [5, 5.41) is 7.25. The average Bonchev–Trinajstić information content (AvgIpc) is 3.09. The van der Waals surface area contributed by atoms with Gasteiger partial charge in [-0.25, -0.2) is 4.79 Å². The van der Waals surface area contributed by atoms with Crippen LogP contribution in [-0.2, 0) is 5.54 Å². The minimum atomic E-state index is -0.495. The third-order valence-electron chi connectivity index (χ3n) is 5.91. The molecule has 28 heavy (non-hydrogen) atoms. The van der Waals surface area contributed by atoms with Gasteiger partial charge in [-0.1, -0.05) is 37.8 Å². The van der Waals surface area contributed by atoms with E-state index in [0.29, 0.717) is 35.1 Å². The van der Waals surface area contributed by atoms with Crippen LogP contribution in [0.25, 0.3) is 11.0 Å². The molecule has 3 amide bonds. The van der Waals surface area contributed by atoms with E-state index in [1.807, 2.05) is 13.8 Å². The predicted octanol–water partition coefficient (Wildman–Crippen LogP) is 5.25. The predicted molar refractivity (Wildman–Crippen MR) is 110 cm³/mol. The van der Waals surface area contributed by atoms with Gasteiger partial charge >= 0.3 is 6.03 Å². The maximum Gasteiger partial charge on any atom is 0.319 e. The molecule has 1 aliphatic carbocycles. The molecule has 1 saturated carbocycles. The van der Waals surface area contributed by atoms with Crippen molar-refractivity contribution in [2.45, 2.75) is 57.9 Å². The lowest BCUT2D eigenvalue weighted by molar-refractivity contribution is 0.0734. The topological polar surface area (TPSA) is 74.6 Å². The van der Waals surface area contributed by atoms with Crippen LogP contribution >= 0.6 is 11.6 Å². The van der Waals surface area contributed by atoms with Crippen LogP contribution in [0, 0.1) is 0 Å². The summed E-state index contributed by atoms with van der Waals surface area (Å²) >= 11 is 6.54. The molecule has 2 aromatic rings. The molecule has 0 saturated heterocycles. The van der Waals surface area contributed by atoms with Gasteiger partial charge in [0, 0.05) is 24.0 Å². The van der Waals surface area contributed by atoms with E-state index >= 15 is 0 Å². The summed E-state index contributed by atoms with van der Waals surface area (Å²) in [5.41, 5.74) is 1.64. The van der Waals surface area contributed by atoms with Gasteiger partial charge in [0.2, 0.25) is 0 Å². The van der Waals surface area contributed by atoms with Gasteiger partial charge < -0.3 is 20.0 Å². The number of fused-ring (bicyclic) bond motifs is 4. The first kappa shape index (κ1) is 19.1. The first-order valence-electron chi connectivity index (χ1n) is 10.1. The first-order chi connectivity index (χ1) is 13.5. The van der Waals surface area contributed by atoms with Gasteiger partial charge in [-0.2, -0.15) is 0 Å². The molecule has 1 fully saturated rings. The summed E-state index contributed by atoms with van der Waals surface area (Å²) in [6.07, 6.45) is 5.77. The molecule has 2 heterocycles. The lowest BCUT2D eigenvalue weighted by Crippen LogP contribution is -2.52. The normalized spacial score (nSPS) is 17.9. The van der Waals surface area contributed by atoms with Crippen molar-refractivity contribution in [1.29, 1.82) is 0 Å². The SMILES string of the molecule is CCCN(CC)C(=O)c1cc2cc(Cl)c3c(c2o1)C1(CCCCC1)NC(=O)N3. The van der Waals surface area contributed by atoms with E-state index in [1.54, 1.807) is 17.0 Å². The molecule has 0 bridgehead atoms. The van der Waals surface area contributed by atoms with Crippen LogP contribution in [0.4, 0.5) is 10.5 Å². The third-order valence-corrected chi connectivity index (χ3v) is 6.21. The van der Waals surface area contributed by atoms with Gasteiger partial charge in [0.25, 0.3) is 5.91 Å². The number of carbonyl (C=O) groups is 2. The molecule has 150 valence electrons. The third kappa shape index (κ3) is 3.04. The second-order valence-corrected chi connectivity index (χ2v) is 8.15. The van der Waals surface area contributed by atoms with Crippen LogP contribution in [0.1, 0.15) is 68.5 Å². The Hall–Kier alpha value is -2.21. The molecule has 2 N–H and O–H groups in total. The number of halogens is 1. The van der Waals surface area contributed by atoms with Gasteiger partial charge in [0.15, 0.2) is 5.76 Å². The molecule has 0 atom stereocenters. The summed E-state index contributed by atoms with van der Waals surface area (Å²) in [7, 11) is 0. The van der Waals surface area contributed by atoms with E-state index in [9.17, 15) is 9.59 Å². The van der Waals surface area contributed by atoms with Crippen LogP contribution in [-0.4, -0.2) is 29.9 Å². The minimum Gasteiger partial charge on any atom is -0.450 e. The highest BCUT2D eigenvalue weighted by Gasteiger charge is 2.44. The lowest BCUT2D eigenvalue weighted by Gasteiger charge is -2.42. The maximum atomic E-state index is 12.9. The van der Waals surface area contributed by atoms with Crippen LogP contribution < -0.4 is 10.6 Å². The number of benzene rings is 1. The number of rotatable bonds is 4. The van der Waals surface area contributed by atoms with Crippen molar-refractivity contribution >= 4 is 40.2 Å². The van der Waals surface area contributed by atoms with Crippen LogP contribution in [0.15, 0.2) is 16.5 Å². The van der Waals surface area contributed by atoms with Gasteiger partial charge in [-0.3, -0.25) is 4.79 Å². The van der Waals surface area contributed by atoms with E-state index in [1.165, 1.54) is 0 Å². The largest absolute Gasteiger partial charge is 0.450 e. The number of hydrogen-bond acceptors (Lipinski definition) is 3. The van der Waals surface area contributed by atoms with Crippen molar-refractivity contribution in [1.82, 2.24) is 10.2 Å². The number of nitrogens with one attached hydrogen (secondary N) is 2. The number of amides is 3. The zero-order valence-corrected chi connectivity index (χ0v) is 17.1. The fourth-order valence-electron chi connectivity index (χ4n) is 4.62. The molecule has 0 radical (unpaired) electrons. The van der Waals surface area contributed by atoms with Gasteiger partial charge in [0.1, 0.15) is 5.58 Å². The van der Waals surface area contributed by atoms with Crippen molar-refractivity contribution in [3.05, 3.63) is 28.5 Å². The van der Waals surface area contributed by atoms with E-state index in [2.05, 4.69) is 10.6 Å². The highest BCUT2D eigenvalue weighted by Crippen LogP contribution is 2.49. The van der Waals surface area contributed by atoms with Gasteiger partial charge in [-0.05, 0) is 38.3 Å². The Bertz CT molecular complexity index is 931. The van der Waals surface area contributed by atoms with E-state index in [0.717, 1.165) is 49.5 Å². The van der Waals surface area contributed by atoms with E-state index in [4.69, 9.17) is 16.0 Å². The Morgan fingerprint density at radius 3 is 2.68 bits per heavy atom. The summed E-state index contributed by atoms with van der Waals surface area (Å²) in [6.45, 7) is 5.33. The van der Waals surface area contributed by atoms with Crippen LogP contribution in [0.5, 0.6) is 0 Å². The molecule has 4 rings (SSSR count). The maximum absolute atomic E-state index is 12.9. The first-order valence-corrected chi connectivity index (χ1v) is 10.5. The summed E-state index contributed by atoms with van der Waals surface area (Å²) < 4.78 is 6.13. The van der Waals surface area contributed by atoms with Crippen molar-refractivity contribution in [2.24, 2.45) is 0 Å². The zero-order valence-electron chi connectivity index (χ0n) is 16.4. The molecule has 2 aliphatic rings. The highest BCUT2D eigenvalue weighted by molar-refractivity contribution is 6.35. The van der Waals surface area contributed by atoms with E-state index < -0.39 is 5.54 Å². The van der Waals surface area contributed by atoms with Crippen LogP contribution in [0.2, 0.25) is 5.02 Å². The van der Waals surface area contributed by atoms with Crippen molar-refractivity contribution < 1.29 is 14.0 Å². The zero-order chi connectivity index (χ0) is 19.9. The van der Waals surface area contributed by atoms with Crippen LogP contribution in [0.3, 0.4) is 0 Å². The molecule has 7 heteroatoms. The molecule has 6 nitrogen and oxygen atoms in total. The fourth-order valence-corrected chi connectivity index (χ4v) is 4.88. The number of anilines is 1. The second-order valence-electron chi connectivity index (χ2n) is 7.74. The second kappa shape index (κ2) is 7.32. The molecule has 1 spiro atoms. The molecule has 1 aliphatic heterocycles. The summed E-state index contributed by atoms with van der Waals surface area (Å²) in [4.78, 5) is 27.0. The number of hydrogen-bond donors (Lipinski definition) is 2. The van der Waals surface area contributed by atoms with Crippen molar-refractivity contribution in [3.63, 3.8) is 0 Å². The smallest absolute Gasteiger partial charge is 0.319 e. The molecule has 1 aromatic carbocycles. The van der Waals surface area contributed by atoms with Crippen molar-refractivity contribution in [3.8, 4) is 0 Å². The Balaban J connectivity index is 1.88. The average molecular weight is 404 g/mol. The standard InChI is InChI=1S/C21H26ClN3O3/c1-3-10-25(4-2)19(26)15-12-13-11-14(22)17-16(18(13)28-15)21(24-20(27)23-17)8-6-5-7-9-21/h11-12H,3-10H2,1-2H3,(H2,23,24,27). The number of carbonyl (C=O) groups excluding carboxylic acids is 2. The summed E-state index contributed by atoms with van der Waals surface area (Å²) in [6, 6.07) is 3.31. The Labute approximate surface area is 169 Å². The molecular formula is C21H26ClN3O3. The van der Waals surface area contributed by atoms with Crippen molar-refractivity contribution in [2.75, 3.05) is 18.4 Å². The van der Waals surface area contributed by atoms with Gasteiger partial charge in [0.05, 0.1) is 16.2 Å². The molecule has 0 unspecified atom stereocenters. The number of furan rings is 1. The Morgan fingerprint density at radius 2 is 2.00 bits per heavy atom. The molecule has 1 aromatic heterocycles.